The van der Waals surface area contributed by atoms with E-state index in [2.05, 4.69) is 5.32 Å². The molecule has 0 saturated carbocycles. The van der Waals surface area contributed by atoms with E-state index in [0.29, 0.717) is 6.42 Å². The highest BCUT2D eigenvalue weighted by molar-refractivity contribution is 4.96. The van der Waals surface area contributed by atoms with Crippen LogP contribution in [0.4, 0.5) is 26.3 Å². The van der Waals surface area contributed by atoms with Crippen molar-refractivity contribution in [2.75, 3.05) is 6.54 Å². The minimum absolute atomic E-state index is 0.0506. The Labute approximate surface area is 95.6 Å². The fraction of sp³-hybridized carbons (Fsp3) is 0.800. The number of halogens is 6. The number of rotatable bonds is 5. The lowest BCUT2D eigenvalue weighted by Gasteiger charge is -2.30. The van der Waals surface area contributed by atoms with E-state index in [1.165, 1.54) is 0 Å². The van der Waals surface area contributed by atoms with Gasteiger partial charge in [-0.05, 0) is 13.0 Å². The van der Waals surface area contributed by atoms with Crippen LogP contribution >= 0.6 is 0 Å². The van der Waals surface area contributed by atoms with Crippen LogP contribution in [0.5, 0.6) is 0 Å². The van der Waals surface area contributed by atoms with Crippen molar-refractivity contribution >= 4 is 0 Å². The van der Waals surface area contributed by atoms with Crippen molar-refractivity contribution in [1.82, 2.24) is 5.32 Å². The lowest BCUT2D eigenvalue weighted by Crippen LogP contribution is -2.51. The Bertz CT molecular complexity index is 247. The van der Waals surface area contributed by atoms with Crippen molar-refractivity contribution in [3.8, 4) is 12.3 Å². The number of terminal acetylenes is 1. The van der Waals surface area contributed by atoms with E-state index in [-0.39, 0.29) is 6.54 Å². The highest BCUT2D eigenvalue weighted by atomic mass is 19.4. The highest BCUT2D eigenvalue weighted by Crippen LogP contribution is 2.42. The van der Waals surface area contributed by atoms with Gasteiger partial charge in [0.1, 0.15) is 0 Å². The van der Waals surface area contributed by atoms with Crippen LogP contribution in [-0.2, 0) is 0 Å². The molecule has 0 aromatic heterocycles. The van der Waals surface area contributed by atoms with Gasteiger partial charge >= 0.3 is 12.4 Å². The average Bonchev–Trinajstić information content (AvgIpc) is 2.09. The van der Waals surface area contributed by atoms with Gasteiger partial charge < -0.3 is 5.32 Å². The van der Waals surface area contributed by atoms with Crippen molar-refractivity contribution in [2.24, 2.45) is 5.92 Å². The molecule has 100 valence electrons. The maximum atomic E-state index is 12.4. The summed E-state index contributed by atoms with van der Waals surface area (Å²) >= 11 is 0. The zero-order valence-corrected chi connectivity index (χ0v) is 9.12. The molecule has 7 heteroatoms. The van der Waals surface area contributed by atoms with Gasteiger partial charge in [0.25, 0.3) is 0 Å². The quantitative estimate of drug-likeness (QED) is 0.592. The summed E-state index contributed by atoms with van der Waals surface area (Å²) in [6, 6.07) is -1.83. The van der Waals surface area contributed by atoms with Gasteiger partial charge in [0.2, 0.25) is 0 Å². The minimum Gasteiger partial charge on any atom is -0.312 e. The number of hydrogen-bond donors (Lipinski definition) is 1. The summed E-state index contributed by atoms with van der Waals surface area (Å²) in [6.07, 6.45) is -6.12. The summed E-state index contributed by atoms with van der Waals surface area (Å²) in [5.41, 5.74) is 0. The third-order valence-electron chi connectivity index (χ3n) is 2.10. The Balaban J connectivity index is 5.03. The molecule has 0 amide bonds. The highest BCUT2D eigenvalue weighted by Gasteiger charge is 2.59. The zero-order chi connectivity index (χ0) is 13.7. The lowest BCUT2D eigenvalue weighted by atomic mass is 9.95. The van der Waals surface area contributed by atoms with E-state index in [9.17, 15) is 26.3 Å². The predicted molar refractivity (Wildman–Crippen MR) is 51.1 cm³/mol. The molecule has 0 saturated heterocycles. The first kappa shape index (κ1) is 16.1. The van der Waals surface area contributed by atoms with Gasteiger partial charge in [0.05, 0.1) is 0 Å². The molecule has 0 aromatic carbocycles. The molecule has 0 heterocycles. The molecule has 0 aliphatic carbocycles. The van der Waals surface area contributed by atoms with Gasteiger partial charge in [0, 0.05) is 12.5 Å². The Morgan fingerprint density at radius 3 is 1.88 bits per heavy atom. The molecule has 0 spiro atoms. The Morgan fingerprint density at radius 1 is 1.12 bits per heavy atom. The van der Waals surface area contributed by atoms with Crippen molar-refractivity contribution in [1.29, 1.82) is 0 Å². The van der Waals surface area contributed by atoms with Crippen LogP contribution in [0.1, 0.15) is 19.8 Å². The molecular weight excluding hydrogens is 248 g/mol. The van der Waals surface area contributed by atoms with Crippen LogP contribution in [0.25, 0.3) is 0 Å². The Morgan fingerprint density at radius 2 is 1.59 bits per heavy atom. The maximum Gasteiger partial charge on any atom is 0.402 e. The Kier molecular flexibility index (Phi) is 5.82. The predicted octanol–water partition coefficient (Wildman–Crippen LogP) is 3.12. The third kappa shape index (κ3) is 5.31. The maximum absolute atomic E-state index is 12.4. The second-order valence-corrected chi connectivity index (χ2v) is 3.53. The summed E-state index contributed by atoms with van der Waals surface area (Å²) in [4.78, 5) is 0. The standard InChI is InChI=1S/C10H13F6N/c1-3-5-7(17-6-4-2)8(9(11,12)13)10(14,15)16/h1,7-8,17H,4-6H2,2H3. The minimum atomic E-state index is -5.36. The second kappa shape index (κ2) is 6.15. The molecule has 0 fully saturated rings. The van der Waals surface area contributed by atoms with E-state index in [0.717, 1.165) is 0 Å². The van der Waals surface area contributed by atoms with Gasteiger partial charge in [-0.3, -0.25) is 0 Å². The fourth-order valence-electron chi connectivity index (χ4n) is 1.41. The molecule has 0 aromatic rings. The summed E-state index contributed by atoms with van der Waals surface area (Å²) in [7, 11) is 0. The molecule has 1 unspecified atom stereocenters. The second-order valence-electron chi connectivity index (χ2n) is 3.53. The summed E-state index contributed by atoms with van der Waals surface area (Å²) in [5, 5.41) is 2.20. The molecule has 1 nitrogen and oxygen atoms in total. The average molecular weight is 261 g/mol. The van der Waals surface area contributed by atoms with Crippen LogP contribution in [0, 0.1) is 18.3 Å². The van der Waals surface area contributed by atoms with Crippen molar-refractivity contribution in [3.63, 3.8) is 0 Å². The van der Waals surface area contributed by atoms with Gasteiger partial charge in [-0.25, -0.2) is 0 Å². The van der Waals surface area contributed by atoms with Crippen LogP contribution < -0.4 is 5.32 Å². The molecule has 0 rings (SSSR count). The van der Waals surface area contributed by atoms with E-state index >= 15 is 0 Å². The molecule has 0 radical (unpaired) electrons. The summed E-state index contributed by atoms with van der Waals surface area (Å²) in [6.45, 7) is 1.69. The third-order valence-corrected chi connectivity index (χ3v) is 2.10. The normalized spacial score (nSPS) is 14.8. The van der Waals surface area contributed by atoms with E-state index in [4.69, 9.17) is 6.42 Å². The smallest absolute Gasteiger partial charge is 0.312 e. The van der Waals surface area contributed by atoms with Crippen molar-refractivity contribution in [3.05, 3.63) is 0 Å². The Hall–Kier alpha value is -0.900. The van der Waals surface area contributed by atoms with Crippen LogP contribution in [0.2, 0.25) is 0 Å². The molecule has 1 atom stereocenters. The van der Waals surface area contributed by atoms with Crippen LogP contribution in [-0.4, -0.2) is 24.9 Å². The molecule has 17 heavy (non-hydrogen) atoms. The number of hydrogen-bond acceptors (Lipinski definition) is 1. The largest absolute Gasteiger partial charge is 0.402 e. The zero-order valence-electron chi connectivity index (χ0n) is 9.12. The number of alkyl halides is 6. The topological polar surface area (TPSA) is 12.0 Å². The first-order valence-electron chi connectivity index (χ1n) is 4.94. The molecule has 1 N–H and O–H groups in total. The summed E-state index contributed by atoms with van der Waals surface area (Å²) < 4.78 is 74.3. The summed E-state index contributed by atoms with van der Waals surface area (Å²) in [5.74, 6) is -1.59. The molecule has 0 bridgehead atoms. The van der Waals surface area contributed by atoms with Gasteiger partial charge in [-0.15, -0.1) is 12.3 Å². The van der Waals surface area contributed by atoms with Gasteiger partial charge in [0.15, 0.2) is 5.92 Å². The van der Waals surface area contributed by atoms with E-state index < -0.39 is 30.7 Å². The van der Waals surface area contributed by atoms with Crippen molar-refractivity contribution in [2.45, 2.75) is 38.2 Å². The van der Waals surface area contributed by atoms with Crippen molar-refractivity contribution < 1.29 is 26.3 Å². The van der Waals surface area contributed by atoms with Gasteiger partial charge in [-0.1, -0.05) is 6.92 Å². The van der Waals surface area contributed by atoms with E-state index in [1.807, 2.05) is 5.92 Å². The molecule has 0 aliphatic rings. The molecular formula is C10H13F6N. The first-order chi connectivity index (χ1) is 7.64. The van der Waals surface area contributed by atoms with Crippen LogP contribution in [0.15, 0.2) is 0 Å². The monoisotopic (exact) mass is 261 g/mol. The van der Waals surface area contributed by atoms with Crippen LogP contribution in [0.3, 0.4) is 0 Å². The lowest BCUT2D eigenvalue weighted by molar-refractivity contribution is -0.291. The molecule has 0 aliphatic heterocycles. The number of nitrogens with one attached hydrogen (secondary N) is 1. The first-order valence-corrected chi connectivity index (χ1v) is 4.94. The van der Waals surface area contributed by atoms with Gasteiger partial charge in [-0.2, -0.15) is 26.3 Å². The SMILES string of the molecule is C#CCC(NCCC)C(C(F)(F)F)C(F)(F)F. The van der Waals surface area contributed by atoms with E-state index in [1.54, 1.807) is 6.92 Å². The fourth-order valence-corrected chi connectivity index (χ4v) is 1.41.